The van der Waals surface area contributed by atoms with Gasteiger partial charge in [0, 0.05) is 18.8 Å². The molecule has 2 amide bonds. The van der Waals surface area contributed by atoms with E-state index in [1.165, 1.54) is 11.1 Å². The average Bonchev–Trinajstić information content (AvgIpc) is 3.16. The molecule has 0 aromatic carbocycles. The Labute approximate surface area is 124 Å². The number of nitrogens with zero attached hydrogens (tertiary/aromatic N) is 3. The summed E-state index contributed by atoms with van der Waals surface area (Å²) in [7, 11) is 3.99. The quantitative estimate of drug-likeness (QED) is 0.325. The van der Waals surface area contributed by atoms with E-state index in [9.17, 15) is 9.59 Å². The average molecular weight is 296 g/mol. The molecule has 0 bridgehead atoms. The fourth-order valence-electron chi connectivity index (χ4n) is 2.07. The van der Waals surface area contributed by atoms with Crippen LogP contribution in [0.3, 0.4) is 0 Å². The number of aliphatic imine (C=N–C) groups is 1. The maximum Gasteiger partial charge on any atom is 0.247 e. The van der Waals surface area contributed by atoms with Crippen molar-refractivity contribution in [2.24, 2.45) is 10.9 Å². The summed E-state index contributed by atoms with van der Waals surface area (Å²) in [6.07, 6.45) is 4.27. The standard InChI is InChI=1S/C13H20N4O2S/c1-16(2)7-3-6-14-8-10-11(18)15-13(20)17(12(10)19)9-4-5-9/h8-10H,3-7H2,1-2H3,(H,15,18,20). The minimum absolute atomic E-state index is 0.167. The van der Waals surface area contributed by atoms with Crippen molar-refractivity contribution >= 4 is 35.4 Å². The molecule has 0 aromatic heterocycles. The molecule has 0 spiro atoms. The maximum atomic E-state index is 12.3. The van der Waals surface area contributed by atoms with E-state index in [0.29, 0.717) is 6.54 Å². The monoisotopic (exact) mass is 296 g/mol. The summed E-state index contributed by atoms with van der Waals surface area (Å²) >= 11 is 5.06. The van der Waals surface area contributed by atoms with Gasteiger partial charge in [-0.25, -0.2) is 0 Å². The van der Waals surface area contributed by atoms with Crippen LogP contribution in [-0.2, 0) is 9.59 Å². The van der Waals surface area contributed by atoms with Crippen molar-refractivity contribution in [2.75, 3.05) is 27.2 Å². The first-order valence-electron chi connectivity index (χ1n) is 6.83. The summed E-state index contributed by atoms with van der Waals surface area (Å²) in [6.45, 7) is 1.55. The van der Waals surface area contributed by atoms with Gasteiger partial charge in [-0.2, -0.15) is 0 Å². The number of carbonyl (C=O) groups is 2. The lowest BCUT2D eigenvalue weighted by Crippen LogP contribution is -2.58. The molecule has 6 nitrogen and oxygen atoms in total. The molecule has 1 saturated carbocycles. The van der Waals surface area contributed by atoms with Crippen LogP contribution in [0.2, 0.25) is 0 Å². The Hall–Kier alpha value is -1.34. The van der Waals surface area contributed by atoms with Crippen LogP contribution in [0.1, 0.15) is 19.3 Å². The van der Waals surface area contributed by atoms with Gasteiger partial charge in [-0.3, -0.25) is 19.5 Å². The smallest absolute Gasteiger partial charge is 0.247 e. The molecule has 2 fully saturated rings. The lowest BCUT2D eigenvalue weighted by Gasteiger charge is -2.30. The van der Waals surface area contributed by atoms with Crippen LogP contribution in [0.25, 0.3) is 0 Å². The highest BCUT2D eigenvalue weighted by molar-refractivity contribution is 7.80. The Morgan fingerprint density at radius 1 is 1.45 bits per heavy atom. The van der Waals surface area contributed by atoms with Gasteiger partial charge in [0.05, 0.1) is 0 Å². The first kappa shape index (κ1) is 15.1. The summed E-state index contributed by atoms with van der Waals surface area (Å²) in [5.41, 5.74) is 0. The molecule has 20 heavy (non-hydrogen) atoms. The molecule has 2 rings (SSSR count). The number of hydrogen-bond donors (Lipinski definition) is 1. The Morgan fingerprint density at radius 2 is 2.15 bits per heavy atom. The van der Waals surface area contributed by atoms with Gasteiger partial charge in [0.25, 0.3) is 0 Å². The van der Waals surface area contributed by atoms with Gasteiger partial charge < -0.3 is 10.2 Å². The number of hydrogen-bond acceptors (Lipinski definition) is 5. The predicted molar refractivity (Wildman–Crippen MR) is 80.6 cm³/mol. The highest BCUT2D eigenvalue weighted by Gasteiger charge is 2.44. The van der Waals surface area contributed by atoms with Gasteiger partial charge in [-0.05, 0) is 52.1 Å². The number of thiocarbonyl (C=S) groups is 1. The molecule has 1 aliphatic carbocycles. The largest absolute Gasteiger partial charge is 0.309 e. The van der Waals surface area contributed by atoms with Crippen molar-refractivity contribution < 1.29 is 9.59 Å². The minimum atomic E-state index is -0.832. The lowest BCUT2D eigenvalue weighted by molar-refractivity contribution is -0.138. The molecule has 1 atom stereocenters. The molecule has 7 heteroatoms. The first-order chi connectivity index (χ1) is 9.50. The van der Waals surface area contributed by atoms with E-state index in [1.807, 2.05) is 14.1 Å². The van der Waals surface area contributed by atoms with E-state index in [1.54, 1.807) is 0 Å². The van der Waals surface area contributed by atoms with Crippen LogP contribution in [0.15, 0.2) is 4.99 Å². The summed E-state index contributed by atoms with van der Waals surface area (Å²) in [4.78, 5) is 31.9. The van der Waals surface area contributed by atoms with Crippen molar-refractivity contribution in [3.8, 4) is 0 Å². The van der Waals surface area contributed by atoms with E-state index >= 15 is 0 Å². The SMILES string of the molecule is CN(C)CCCN=CC1C(=O)NC(=S)N(C2CC2)C1=O. The number of amides is 2. The van der Waals surface area contributed by atoms with E-state index in [0.717, 1.165) is 25.8 Å². The molecule has 1 saturated heterocycles. The Bertz CT molecular complexity index is 446. The third kappa shape index (κ3) is 3.61. The zero-order valence-corrected chi connectivity index (χ0v) is 12.7. The highest BCUT2D eigenvalue weighted by atomic mass is 32.1. The molecule has 1 unspecified atom stereocenters. The molecular weight excluding hydrogens is 276 g/mol. The van der Waals surface area contributed by atoms with Crippen molar-refractivity contribution in [1.29, 1.82) is 0 Å². The highest BCUT2D eigenvalue weighted by Crippen LogP contribution is 2.29. The molecule has 1 heterocycles. The summed E-state index contributed by atoms with van der Waals surface area (Å²) < 4.78 is 0. The van der Waals surface area contributed by atoms with Crippen molar-refractivity contribution in [1.82, 2.24) is 15.1 Å². The van der Waals surface area contributed by atoms with Crippen molar-refractivity contribution in [3.05, 3.63) is 0 Å². The third-order valence-electron chi connectivity index (χ3n) is 3.29. The van der Waals surface area contributed by atoms with Crippen LogP contribution in [-0.4, -0.2) is 66.2 Å². The van der Waals surface area contributed by atoms with Crippen LogP contribution in [0.5, 0.6) is 0 Å². The van der Waals surface area contributed by atoms with Crippen LogP contribution >= 0.6 is 12.2 Å². The van der Waals surface area contributed by atoms with Crippen LogP contribution < -0.4 is 5.32 Å². The van der Waals surface area contributed by atoms with E-state index in [2.05, 4.69) is 15.2 Å². The Balaban J connectivity index is 1.92. The normalized spacial score (nSPS) is 23.9. The summed E-state index contributed by atoms with van der Waals surface area (Å²) in [5, 5.41) is 2.82. The second kappa shape index (κ2) is 6.41. The topological polar surface area (TPSA) is 65.0 Å². The summed E-state index contributed by atoms with van der Waals surface area (Å²) in [6, 6.07) is 0.167. The van der Waals surface area contributed by atoms with E-state index < -0.39 is 5.92 Å². The molecule has 0 aromatic rings. The fraction of sp³-hybridized carbons (Fsp3) is 0.692. The Morgan fingerprint density at radius 3 is 2.75 bits per heavy atom. The zero-order valence-electron chi connectivity index (χ0n) is 11.8. The van der Waals surface area contributed by atoms with Crippen LogP contribution in [0, 0.1) is 5.92 Å². The first-order valence-corrected chi connectivity index (χ1v) is 7.24. The maximum absolute atomic E-state index is 12.3. The molecule has 1 aliphatic heterocycles. The van der Waals surface area contributed by atoms with Gasteiger partial charge in [0.2, 0.25) is 11.8 Å². The van der Waals surface area contributed by atoms with Gasteiger partial charge >= 0.3 is 0 Å². The van der Waals surface area contributed by atoms with Crippen molar-refractivity contribution in [2.45, 2.75) is 25.3 Å². The van der Waals surface area contributed by atoms with Gasteiger partial charge in [-0.15, -0.1) is 0 Å². The zero-order chi connectivity index (χ0) is 14.7. The second-order valence-corrected chi connectivity index (χ2v) is 5.81. The predicted octanol–water partition coefficient (Wildman–Crippen LogP) is 0.0308. The summed E-state index contributed by atoms with van der Waals surface area (Å²) in [5.74, 6) is -1.44. The van der Waals surface area contributed by atoms with Crippen molar-refractivity contribution in [3.63, 3.8) is 0 Å². The molecule has 1 N–H and O–H groups in total. The van der Waals surface area contributed by atoms with E-state index in [-0.39, 0.29) is 23.0 Å². The van der Waals surface area contributed by atoms with Gasteiger partial charge in [0.15, 0.2) is 11.0 Å². The van der Waals surface area contributed by atoms with E-state index in [4.69, 9.17) is 12.2 Å². The second-order valence-electron chi connectivity index (χ2n) is 5.42. The van der Waals surface area contributed by atoms with Crippen LogP contribution in [0.4, 0.5) is 0 Å². The number of rotatable bonds is 6. The molecule has 2 aliphatic rings. The van der Waals surface area contributed by atoms with Gasteiger partial charge in [0.1, 0.15) is 0 Å². The molecular formula is C13H20N4O2S. The lowest BCUT2D eigenvalue weighted by atomic mass is 10.1. The molecule has 110 valence electrons. The number of nitrogens with one attached hydrogen (secondary N) is 1. The Kier molecular flexibility index (Phi) is 4.82. The number of carbonyl (C=O) groups excluding carboxylic acids is 2. The fourth-order valence-corrected chi connectivity index (χ4v) is 2.41. The third-order valence-corrected chi connectivity index (χ3v) is 3.59. The van der Waals surface area contributed by atoms with Gasteiger partial charge in [-0.1, -0.05) is 0 Å². The minimum Gasteiger partial charge on any atom is -0.309 e. The molecule has 0 radical (unpaired) electrons.